The van der Waals surface area contributed by atoms with E-state index < -0.39 is 0 Å². The predicted molar refractivity (Wildman–Crippen MR) is 62.0 cm³/mol. The van der Waals surface area contributed by atoms with E-state index in [1.807, 2.05) is 4.90 Å². The monoisotopic (exact) mass is 227 g/mol. The molecular weight excluding hydrogens is 206 g/mol. The van der Waals surface area contributed by atoms with E-state index in [0.717, 1.165) is 25.9 Å². The van der Waals surface area contributed by atoms with Gasteiger partial charge in [0.15, 0.2) is 0 Å². The first-order chi connectivity index (χ1) is 7.65. The lowest BCUT2D eigenvalue weighted by atomic mass is 10.1. The van der Waals surface area contributed by atoms with E-state index in [-0.39, 0.29) is 24.4 Å². The average molecular weight is 227 g/mol. The lowest BCUT2D eigenvalue weighted by Crippen LogP contribution is -2.46. The summed E-state index contributed by atoms with van der Waals surface area (Å²) >= 11 is 0. The van der Waals surface area contributed by atoms with Crippen LogP contribution in [0.15, 0.2) is 0 Å². The maximum Gasteiger partial charge on any atom is 0.241 e. The number of carbonyl (C=O) groups excluding carboxylic acids is 2. The molecule has 1 heterocycles. The standard InChI is InChI=1S/C11H21N3O2/c1-9(12-2)11(16)13-8-10(15)14-6-4-3-5-7-14/h9,12H,3-8H2,1-2H3,(H,13,16). The topological polar surface area (TPSA) is 61.4 Å². The summed E-state index contributed by atoms with van der Waals surface area (Å²) in [5, 5.41) is 5.47. The lowest BCUT2D eigenvalue weighted by Gasteiger charge is -2.26. The highest BCUT2D eigenvalue weighted by molar-refractivity contribution is 5.87. The minimum atomic E-state index is -0.255. The Bertz CT molecular complexity index is 250. The third-order valence-corrected chi connectivity index (χ3v) is 2.95. The molecule has 0 bridgehead atoms. The molecule has 1 saturated heterocycles. The van der Waals surface area contributed by atoms with E-state index in [1.165, 1.54) is 6.42 Å². The third-order valence-electron chi connectivity index (χ3n) is 2.95. The second kappa shape index (κ2) is 6.48. The molecule has 2 N–H and O–H groups in total. The van der Waals surface area contributed by atoms with Gasteiger partial charge < -0.3 is 15.5 Å². The van der Waals surface area contributed by atoms with Crippen molar-refractivity contribution in [2.45, 2.75) is 32.2 Å². The fourth-order valence-electron chi connectivity index (χ4n) is 1.70. The average Bonchev–Trinajstić information content (AvgIpc) is 2.35. The smallest absolute Gasteiger partial charge is 0.241 e. The Kier molecular flexibility index (Phi) is 5.25. The van der Waals surface area contributed by atoms with Crippen molar-refractivity contribution >= 4 is 11.8 Å². The van der Waals surface area contributed by atoms with E-state index in [1.54, 1.807) is 14.0 Å². The van der Waals surface area contributed by atoms with E-state index in [4.69, 9.17) is 0 Å². The molecule has 1 fully saturated rings. The largest absolute Gasteiger partial charge is 0.346 e. The van der Waals surface area contributed by atoms with Gasteiger partial charge in [0.2, 0.25) is 11.8 Å². The van der Waals surface area contributed by atoms with Crippen LogP contribution >= 0.6 is 0 Å². The summed E-state index contributed by atoms with van der Waals surface area (Å²) in [6, 6.07) is -0.255. The Labute approximate surface area is 96.6 Å². The summed E-state index contributed by atoms with van der Waals surface area (Å²) in [4.78, 5) is 24.9. The van der Waals surface area contributed by atoms with Crippen molar-refractivity contribution in [1.82, 2.24) is 15.5 Å². The van der Waals surface area contributed by atoms with Gasteiger partial charge in [-0.1, -0.05) is 0 Å². The maximum atomic E-state index is 11.7. The molecule has 1 aliphatic rings. The van der Waals surface area contributed by atoms with Crippen LogP contribution in [0.25, 0.3) is 0 Å². The number of nitrogens with zero attached hydrogens (tertiary/aromatic N) is 1. The van der Waals surface area contributed by atoms with Gasteiger partial charge in [-0.05, 0) is 33.2 Å². The van der Waals surface area contributed by atoms with Crippen molar-refractivity contribution in [2.75, 3.05) is 26.7 Å². The first-order valence-corrected chi connectivity index (χ1v) is 5.88. The maximum absolute atomic E-state index is 11.7. The zero-order chi connectivity index (χ0) is 12.0. The van der Waals surface area contributed by atoms with Gasteiger partial charge in [0.25, 0.3) is 0 Å². The second-order valence-electron chi connectivity index (χ2n) is 4.17. The van der Waals surface area contributed by atoms with Crippen LogP contribution in [0.2, 0.25) is 0 Å². The van der Waals surface area contributed by atoms with Crippen molar-refractivity contribution < 1.29 is 9.59 Å². The predicted octanol–water partition coefficient (Wildman–Crippen LogP) is -0.277. The molecule has 0 aromatic carbocycles. The van der Waals surface area contributed by atoms with Gasteiger partial charge in [0.1, 0.15) is 0 Å². The molecule has 16 heavy (non-hydrogen) atoms. The fourth-order valence-corrected chi connectivity index (χ4v) is 1.70. The van der Waals surface area contributed by atoms with Crippen LogP contribution in [-0.4, -0.2) is 49.4 Å². The highest BCUT2D eigenvalue weighted by Crippen LogP contribution is 2.08. The molecule has 0 spiro atoms. The highest BCUT2D eigenvalue weighted by atomic mass is 16.2. The van der Waals surface area contributed by atoms with Crippen LogP contribution in [0.5, 0.6) is 0 Å². The molecule has 92 valence electrons. The van der Waals surface area contributed by atoms with Crippen molar-refractivity contribution in [3.63, 3.8) is 0 Å². The summed E-state index contributed by atoms with van der Waals surface area (Å²) in [5.74, 6) is -0.107. The molecule has 1 rings (SSSR count). The quantitative estimate of drug-likeness (QED) is 0.694. The number of hydrogen-bond donors (Lipinski definition) is 2. The molecule has 2 amide bonds. The van der Waals surface area contributed by atoms with Gasteiger partial charge in [0, 0.05) is 13.1 Å². The first kappa shape index (κ1) is 13.0. The molecule has 0 aromatic heterocycles. The van der Waals surface area contributed by atoms with Crippen LogP contribution < -0.4 is 10.6 Å². The van der Waals surface area contributed by atoms with Crippen molar-refractivity contribution in [1.29, 1.82) is 0 Å². The number of nitrogens with one attached hydrogen (secondary N) is 2. The van der Waals surface area contributed by atoms with Gasteiger partial charge in [-0.25, -0.2) is 0 Å². The number of carbonyl (C=O) groups is 2. The third kappa shape index (κ3) is 3.81. The number of rotatable bonds is 4. The molecule has 5 nitrogen and oxygen atoms in total. The molecule has 1 aliphatic heterocycles. The molecule has 0 aromatic rings. The SMILES string of the molecule is CNC(C)C(=O)NCC(=O)N1CCCCC1. The van der Waals surface area contributed by atoms with Crippen molar-refractivity contribution in [2.24, 2.45) is 0 Å². The van der Waals surface area contributed by atoms with Crippen LogP contribution in [0.1, 0.15) is 26.2 Å². The van der Waals surface area contributed by atoms with Gasteiger partial charge in [-0.3, -0.25) is 9.59 Å². The Hall–Kier alpha value is -1.10. The number of hydrogen-bond acceptors (Lipinski definition) is 3. The molecule has 1 atom stereocenters. The molecule has 1 unspecified atom stereocenters. The van der Waals surface area contributed by atoms with Gasteiger partial charge in [-0.15, -0.1) is 0 Å². The zero-order valence-electron chi connectivity index (χ0n) is 10.1. The zero-order valence-corrected chi connectivity index (χ0v) is 10.1. The molecule has 0 aliphatic carbocycles. The number of piperidine rings is 1. The first-order valence-electron chi connectivity index (χ1n) is 5.88. The van der Waals surface area contributed by atoms with Crippen molar-refractivity contribution in [3.8, 4) is 0 Å². The van der Waals surface area contributed by atoms with Gasteiger partial charge in [0.05, 0.1) is 12.6 Å². The number of likely N-dealkylation sites (N-methyl/N-ethyl adjacent to an activating group) is 1. The Balaban J connectivity index is 2.26. The van der Waals surface area contributed by atoms with Crippen LogP contribution in [-0.2, 0) is 9.59 Å². The second-order valence-corrected chi connectivity index (χ2v) is 4.17. The molecule has 0 radical (unpaired) electrons. The molecular formula is C11H21N3O2. The highest BCUT2D eigenvalue weighted by Gasteiger charge is 2.17. The Morgan fingerprint density at radius 3 is 2.44 bits per heavy atom. The number of likely N-dealkylation sites (tertiary alicyclic amines) is 1. The lowest BCUT2D eigenvalue weighted by molar-refractivity contribution is -0.133. The van der Waals surface area contributed by atoms with E-state index in [0.29, 0.717) is 0 Å². The minimum Gasteiger partial charge on any atom is -0.346 e. The van der Waals surface area contributed by atoms with Crippen LogP contribution in [0.4, 0.5) is 0 Å². The van der Waals surface area contributed by atoms with E-state index in [2.05, 4.69) is 10.6 Å². The molecule has 0 saturated carbocycles. The van der Waals surface area contributed by atoms with Crippen LogP contribution in [0, 0.1) is 0 Å². The van der Waals surface area contributed by atoms with Crippen LogP contribution in [0.3, 0.4) is 0 Å². The summed E-state index contributed by atoms with van der Waals surface area (Å²) in [7, 11) is 1.72. The van der Waals surface area contributed by atoms with Gasteiger partial charge >= 0.3 is 0 Å². The van der Waals surface area contributed by atoms with E-state index >= 15 is 0 Å². The minimum absolute atomic E-state index is 0.0244. The number of amides is 2. The summed E-state index contributed by atoms with van der Waals surface area (Å²) < 4.78 is 0. The van der Waals surface area contributed by atoms with E-state index in [9.17, 15) is 9.59 Å². The summed E-state index contributed by atoms with van der Waals surface area (Å²) in [6.07, 6.45) is 3.35. The Morgan fingerprint density at radius 2 is 1.88 bits per heavy atom. The van der Waals surface area contributed by atoms with Gasteiger partial charge in [-0.2, -0.15) is 0 Å². The molecule has 5 heteroatoms. The summed E-state index contributed by atoms with van der Waals surface area (Å²) in [6.45, 7) is 3.54. The Morgan fingerprint density at radius 1 is 1.25 bits per heavy atom. The normalized spacial score (nSPS) is 18.0. The fraction of sp³-hybridized carbons (Fsp3) is 0.818. The summed E-state index contributed by atoms with van der Waals surface area (Å²) in [5.41, 5.74) is 0. The van der Waals surface area contributed by atoms with Crippen molar-refractivity contribution in [3.05, 3.63) is 0 Å².